The second kappa shape index (κ2) is 6.77. The maximum Gasteiger partial charge on any atom is 0.259 e. The maximum atomic E-state index is 12.4. The first kappa shape index (κ1) is 16.0. The van der Waals surface area contributed by atoms with Crippen LogP contribution in [0.15, 0.2) is 65.7 Å². The molecule has 0 saturated heterocycles. The van der Waals surface area contributed by atoms with E-state index >= 15 is 0 Å². The first-order valence-electron chi connectivity index (χ1n) is 7.62. The molecule has 0 bridgehead atoms. The molecule has 4 heterocycles. The molecule has 0 aliphatic heterocycles. The Kier molecular flexibility index (Phi) is 4.16. The molecular weight excluding hydrogens is 352 g/mol. The molecule has 0 atom stereocenters. The summed E-state index contributed by atoms with van der Waals surface area (Å²) in [6, 6.07) is 10.2. The number of anilines is 1. The van der Waals surface area contributed by atoms with Crippen LogP contribution in [-0.4, -0.2) is 26.0 Å². The van der Waals surface area contributed by atoms with E-state index in [1.165, 1.54) is 29.7 Å². The van der Waals surface area contributed by atoms with Gasteiger partial charge < -0.3 is 9.52 Å². The summed E-state index contributed by atoms with van der Waals surface area (Å²) in [6.07, 6.45) is 6.27. The molecule has 0 radical (unpaired) electrons. The first-order valence-corrected chi connectivity index (χ1v) is 8.44. The summed E-state index contributed by atoms with van der Waals surface area (Å²) in [5, 5.41) is 12.4. The number of aromatic nitrogens is 3. The standard InChI is InChI=1S/C18H12N4O3S/c23-14-4-3-12(10-20-14)17(24)22-18-21-15(13-2-1-9-25-13)16(26-18)11-5-7-19-8-6-11/h1-10H,(H,20,23)(H,21,22,24). The Morgan fingerprint density at radius 3 is 2.69 bits per heavy atom. The molecule has 0 saturated carbocycles. The van der Waals surface area contributed by atoms with Gasteiger partial charge in [-0.3, -0.25) is 15.1 Å². The van der Waals surface area contributed by atoms with E-state index in [1.807, 2.05) is 18.2 Å². The Morgan fingerprint density at radius 1 is 1.15 bits per heavy atom. The molecule has 4 aromatic rings. The van der Waals surface area contributed by atoms with Crippen LogP contribution in [0, 0.1) is 0 Å². The monoisotopic (exact) mass is 364 g/mol. The Bertz CT molecular complexity index is 1030. The fraction of sp³-hybridized carbons (Fsp3) is 0. The van der Waals surface area contributed by atoms with E-state index in [1.54, 1.807) is 24.7 Å². The number of carbonyl (C=O) groups is 1. The number of rotatable bonds is 4. The lowest BCUT2D eigenvalue weighted by atomic mass is 10.2. The Morgan fingerprint density at radius 2 is 2.00 bits per heavy atom. The number of hydrogen-bond donors (Lipinski definition) is 2. The minimum Gasteiger partial charge on any atom is -0.493 e. The molecule has 1 amide bonds. The van der Waals surface area contributed by atoms with Gasteiger partial charge in [-0.2, -0.15) is 0 Å². The Hall–Kier alpha value is -3.52. The predicted molar refractivity (Wildman–Crippen MR) is 96.9 cm³/mol. The van der Waals surface area contributed by atoms with E-state index in [4.69, 9.17) is 4.42 Å². The van der Waals surface area contributed by atoms with Crippen molar-refractivity contribution >= 4 is 22.4 Å². The highest BCUT2D eigenvalue weighted by atomic mass is 32.1. The van der Waals surface area contributed by atoms with Gasteiger partial charge in [-0.15, -0.1) is 0 Å². The molecule has 128 valence electrons. The summed E-state index contributed by atoms with van der Waals surface area (Å²) < 4.78 is 5.48. The smallest absolute Gasteiger partial charge is 0.259 e. The zero-order valence-electron chi connectivity index (χ0n) is 13.3. The van der Waals surface area contributed by atoms with Gasteiger partial charge in [0.1, 0.15) is 5.69 Å². The van der Waals surface area contributed by atoms with E-state index < -0.39 is 0 Å². The number of carbonyl (C=O) groups excluding carboxylic acids is 1. The molecular formula is C18H12N4O3S. The second-order valence-corrected chi connectivity index (χ2v) is 6.27. The lowest BCUT2D eigenvalue weighted by Crippen LogP contribution is -2.11. The van der Waals surface area contributed by atoms with Gasteiger partial charge in [0.15, 0.2) is 10.9 Å². The summed E-state index contributed by atoms with van der Waals surface area (Å²) in [5.74, 6) is 0.106. The molecule has 0 spiro atoms. The van der Waals surface area contributed by atoms with Crippen molar-refractivity contribution in [2.24, 2.45) is 0 Å². The topological polar surface area (TPSA) is 101 Å². The van der Waals surface area contributed by atoms with E-state index in [0.29, 0.717) is 22.1 Å². The normalized spacial score (nSPS) is 10.6. The van der Waals surface area contributed by atoms with Crippen molar-refractivity contribution in [2.75, 3.05) is 5.32 Å². The summed E-state index contributed by atoms with van der Waals surface area (Å²) in [7, 11) is 0. The summed E-state index contributed by atoms with van der Waals surface area (Å²) in [5.41, 5.74) is 1.89. The van der Waals surface area contributed by atoms with E-state index in [9.17, 15) is 9.90 Å². The van der Waals surface area contributed by atoms with Crippen LogP contribution < -0.4 is 5.32 Å². The number of pyridine rings is 2. The minimum atomic E-state index is -0.362. The van der Waals surface area contributed by atoms with Crippen LogP contribution in [0.3, 0.4) is 0 Å². The van der Waals surface area contributed by atoms with Gasteiger partial charge in [-0.05, 0) is 35.9 Å². The quantitative estimate of drug-likeness (QED) is 0.571. The Balaban J connectivity index is 1.69. The predicted octanol–water partition coefficient (Wildman–Crippen LogP) is 3.82. The zero-order chi connectivity index (χ0) is 17.9. The van der Waals surface area contributed by atoms with Crippen molar-refractivity contribution in [1.29, 1.82) is 0 Å². The third-order valence-corrected chi connectivity index (χ3v) is 4.57. The van der Waals surface area contributed by atoms with Crippen molar-refractivity contribution in [1.82, 2.24) is 15.0 Å². The third kappa shape index (κ3) is 3.17. The van der Waals surface area contributed by atoms with Crippen LogP contribution in [0.25, 0.3) is 21.9 Å². The number of furan rings is 1. The fourth-order valence-electron chi connectivity index (χ4n) is 2.34. The fourth-order valence-corrected chi connectivity index (χ4v) is 3.31. The highest BCUT2D eigenvalue weighted by Gasteiger charge is 2.18. The highest BCUT2D eigenvalue weighted by molar-refractivity contribution is 7.19. The minimum absolute atomic E-state index is 0.143. The highest BCUT2D eigenvalue weighted by Crippen LogP contribution is 2.39. The summed E-state index contributed by atoms with van der Waals surface area (Å²) >= 11 is 1.34. The first-order chi connectivity index (χ1) is 12.7. The number of nitrogens with zero attached hydrogens (tertiary/aromatic N) is 3. The molecule has 4 aromatic heterocycles. The van der Waals surface area contributed by atoms with Gasteiger partial charge in [-0.25, -0.2) is 9.97 Å². The molecule has 2 N–H and O–H groups in total. The number of amides is 1. The number of aromatic hydroxyl groups is 1. The Labute approximate surface area is 152 Å². The van der Waals surface area contributed by atoms with E-state index in [-0.39, 0.29) is 11.8 Å². The molecule has 4 rings (SSSR count). The number of hydrogen-bond acceptors (Lipinski definition) is 7. The molecule has 8 heteroatoms. The molecule has 26 heavy (non-hydrogen) atoms. The van der Waals surface area contributed by atoms with Gasteiger partial charge in [-0.1, -0.05) is 11.3 Å². The van der Waals surface area contributed by atoms with Gasteiger partial charge in [0.05, 0.1) is 16.7 Å². The third-order valence-electron chi connectivity index (χ3n) is 3.55. The summed E-state index contributed by atoms with van der Waals surface area (Å²) in [6.45, 7) is 0. The molecule has 7 nitrogen and oxygen atoms in total. The second-order valence-electron chi connectivity index (χ2n) is 5.27. The van der Waals surface area contributed by atoms with Gasteiger partial charge in [0.25, 0.3) is 5.91 Å². The van der Waals surface area contributed by atoms with Gasteiger partial charge >= 0.3 is 0 Å². The number of nitrogens with one attached hydrogen (secondary N) is 1. The van der Waals surface area contributed by atoms with Crippen molar-refractivity contribution in [3.63, 3.8) is 0 Å². The zero-order valence-corrected chi connectivity index (χ0v) is 14.1. The van der Waals surface area contributed by atoms with Crippen LogP contribution >= 0.6 is 11.3 Å². The van der Waals surface area contributed by atoms with E-state index in [0.717, 1.165) is 10.4 Å². The van der Waals surface area contributed by atoms with Crippen LogP contribution in [0.2, 0.25) is 0 Å². The molecule has 0 aromatic carbocycles. The van der Waals surface area contributed by atoms with Crippen molar-refractivity contribution in [3.05, 3.63) is 66.8 Å². The average Bonchev–Trinajstić information content (AvgIpc) is 3.32. The van der Waals surface area contributed by atoms with Crippen LogP contribution in [0.5, 0.6) is 5.88 Å². The van der Waals surface area contributed by atoms with Gasteiger partial charge in [0.2, 0.25) is 5.88 Å². The molecule has 0 unspecified atom stereocenters. The lowest BCUT2D eigenvalue weighted by molar-refractivity contribution is 0.102. The van der Waals surface area contributed by atoms with Crippen LogP contribution in [0.1, 0.15) is 10.4 Å². The largest absolute Gasteiger partial charge is 0.493 e. The molecule has 0 aliphatic carbocycles. The van der Waals surface area contributed by atoms with Crippen LogP contribution in [-0.2, 0) is 0 Å². The molecule has 0 aliphatic rings. The maximum absolute atomic E-state index is 12.4. The SMILES string of the molecule is O=C(Nc1nc(-c2ccco2)c(-c2ccncc2)s1)c1ccc(O)nc1. The van der Waals surface area contributed by atoms with E-state index in [2.05, 4.69) is 20.3 Å². The van der Waals surface area contributed by atoms with Crippen LogP contribution in [0.4, 0.5) is 5.13 Å². The van der Waals surface area contributed by atoms with Crippen molar-refractivity contribution in [2.45, 2.75) is 0 Å². The summed E-state index contributed by atoms with van der Waals surface area (Å²) in [4.78, 5) is 25.5. The average molecular weight is 364 g/mol. The lowest BCUT2D eigenvalue weighted by Gasteiger charge is -2.00. The van der Waals surface area contributed by atoms with Gasteiger partial charge in [0, 0.05) is 24.7 Å². The van der Waals surface area contributed by atoms with Crippen molar-refractivity contribution < 1.29 is 14.3 Å². The van der Waals surface area contributed by atoms with Crippen molar-refractivity contribution in [3.8, 4) is 27.8 Å². The number of thiazole rings is 1. The molecule has 0 fully saturated rings.